The Bertz CT molecular complexity index is 740. The second kappa shape index (κ2) is 5.70. The van der Waals surface area contributed by atoms with Gasteiger partial charge in [-0.05, 0) is 11.6 Å². The molecule has 1 saturated heterocycles. The summed E-state index contributed by atoms with van der Waals surface area (Å²) < 4.78 is 5.39. The molecule has 2 aliphatic rings. The Morgan fingerprint density at radius 3 is 2.96 bits per heavy atom. The van der Waals surface area contributed by atoms with Crippen LogP contribution in [0.15, 0.2) is 36.4 Å². The molecule has 1 aromatic carbocycles. The number of ether oxygens (including phenoxy) is 1. The van der Waals surface area contributed by atoms with Crippen molar-refractivity contribution < 1.29 is 9.53 Å². The van der Waals surface area contributed by atoms with Gasteiger partial charge in [0.15, 0.2) is 11.0 Å². The maximum Gasteiger partial charge on any atom is 0.410 e. The first-order chi connectivity index (χ1) is 11.2. The minimum absolute atomic E-state index is 0.141. The van der Waals surface area contributed by atoms with E-state index in [1.165, 1.54) is 0 Å². The Morgan fingerprint density at radius 1 is 1.30 bits per heavy atom. The van der Waals surface area contributed by atoms with Crippen molar-refractivity contribution in [1.82, 2.24) is 15.1 Å². The lowest BCUT2D eigenvalue weighted by atomic mass is 10.0. The smallest absolute Gasteiger partial charge is 0.410 e. The van der Waals surface area contributed by atoms with Crippen molar-refractivity contribution >= 4 is 23.5 Å². The minimum Gasteiger partial charge on any atom is -0.445 e. The zero-order chi connectivity index (χ0) is 15.8. The highest BCUT2D eigenvalue weighted by atomic mass is 35.5. The summed E-state index contributed by atoms with van der Waals surface area (Å²) in [6.07, 6.45) is -0.292. The summed E-state index contributed by atoms with van der Waals surface area (Å²) in [5, 5.41) is 11.6. The fourth-order valence-electron chi connectivity index (χ4n) is 3.18. The molecule has 0 bridgehead atoms. The van der Waals surface area contributed by atoms with Crippen LogP contribution in [0.1, 0.15) is 17.0 Å². The summed E-state index contributed by atoms with van der Waals surface area (Å²) >= 11 is 5.92. The highest BCUT2D eigenvalue weighted by Crippen LogP contribution is 2.39. The van der Waals surface area contributed by atoms with Crippen molar-refractivity contribution in [3.05, 3.63) is 52.7 Å². The van der Waals surface area contributed by atoms with Crippen molar-refractivity contribution in [3.63, 3.8) is 0 Å². The molecule has 1 N–H and O–H groups in total. The fourth-order valence-corrected chi connectivity index (χ4v) is 3.33. The third kappa shape index (κ3) is 2.70. The number of halogens is 1. The predicted octanol–water partition coefficient (Wildman–Crippen LogP) is 2.66. The number of nitrogens with zero attached hydrogens (tertiary/aromatic N) is 3. The first kappa shape index (κ1) is 14.3. The molecule has 4 rings (SSSR count). The van der Waals surface area contributed by atoms with Crippen LogP contribution in [0, 0.1) is 0 Å². The Balaban J connectivity index is 1.40. The largest absolute Gasteiger partial charge is 0.445 e. The zero-order valence-electron chi connectivity index (χ0n) is 12.3. The van der Waals surface area contributed by atoms with Gasteiger partial charge in [-0.15, -0.1) is 10.2 Å². The van der Waals surface area contributed by atoms with Crippen molar-refractivity contribution in [2.24, 2.45) is 0 Å². The zero-order valence-corrected chi connectivity index (χ0v) is 13.0. The first-order valence-corrected chi connectivity index (χ1v) is 7.84. The van der Waals surface area contributed by atoms with E-state index in [0.717, 1.165) is 16.9 Å². The molecule has 0 aliphatic carbocycles. The fraction of sp³-hybridized carbons (Fsp3) is 0.312. The summed E-state index contributed by atoms with van der Waals surface area (Å²) in [5.41, 5.74) is 2.00. The monoisotopic (exact) mass is 330 g/mol. The molecule has 7 heteroatoms. The van der Waals surface area contributed by atoms with Gasteiger partial charge < -0.3 is 15.0 Å². The molecule has 0 radical (unpaired) electrons. The predicted molar refractivity (Wildman–Crippen MR) is 85.4 cm³/mol. The lowest BCUT2D eigenvalue weighted by molar-refractivity contribution is 0.103. The lowest BCUT2D eigenvalue weighted by Crippen LogP contribution is -2.32. The van der Waals surface area contributed by atoms with Crippen LogP contribution in [-0.2, 0) is 11.3 Å². The van der Waals surface area contributed by atoms with Crippen LogP contribution in [0.2, 0.25) is 5.15 Å². The Labute approximate surface area is 138 Å². The third-order valence-corrected chi connectivity index (χ3v) is 4.48. The van der Waals surface area contributed by atoms with E-state index in [9.17, 15) is 4.79 Å². The molecular weight excluding hydrogens is 316 g/mol. The van der Waals surface area contributed by atoms with Gasteiger partial charge in [-0.2, -0.15) is 0 Å². The number of carbonyl (C=O) groups excluding carboxylic acids is 1. The molecule has 3 heterocycles. The van der Waals surface area contributed by atoms with Gasteiger partial charge in [0.05, 0.1) is 6.04 Å². The number of hydrogen-bond acceptors (Lipinski definition) is 5. The standard InChI is InChI=1S/C16H15ClN4O2/c17-14-6-11-12-7-21(8-13(12)18-15(11)20-19-14)16(22)23-9-10-4-2-1-3-5-10/h1-6,12-13H,7-9H2,(H,18,20)/t12-,13-/m1/s1. The molecule has 23 heavy (non-hydrogen) atoms. The second-order valence-electron chi connectivity index (χ2n) is 5.77. The van der Waals surface area contributed by atoms with Crippen LogP contribution in [0.25, 0.3) is 0 Å². The van der Waals surface area contributed by atoms with E-state index in [2.05, 4.69) is 15.5 Å². The SMILES string of the molecule is O=C(OCc1ccccc1)N1C[C@@H]2c3cc(Cl)nnc3N[C@@H]2C1. The van der Waals surface area contributed by atoms with E-state index in [1.54, 1.807) is 4.90 Å². The van der Waals surface area contributed by atoms with Crippen molar-refractivity contribution in [2.45, 2.75) is 18.6 Å². The summed E-state index contributed by atoms with van der Waals surface area (Å²) in [6, 6.07) is 11.6. The third-order valence-electron chi connectivity index (χ3n) is 4.30. The molecule has 2 atom stereocenters. The van der Waals surface area contributed by atoms with E-state index in [-0.39, 0.29) is 24.7 Å². The van der Waals surface area contributed by atoms with Crippen molar-refractivity contribution in [2.75, 3.05) is 18.4 Å². The number of carbonyl (C=O) groups is 1. The average Bonchev–Trinajstić information content (AvgIpc) is 3.12. The molecule has 6 nitrogen and oxygen atoms in total. The molecular formula is C16H15ClN4O2. The Hall–Kier alpha value is -2.34. The summed E-state index contributed by atoms with van der Waals surface area (Å²) in [6.45, 7) is 1.47. The van der Waals surface area contributed by atoms with E-state index < -0.39 is 0 Å². The number of fused-ring (bicyclic) bond motifs is 3. The molecule has 2 aromatic rings. The normalized spacial score (nSPS) is 21.5. The number of likely N-dealkylation sites (tertiary alicyclic amines) is 1. The topological polar surface area (TPSA) is 67.3 Å². The van der Waals surface area contributed by atoms with Crippen LogP contribution >= 0.6 is 11.6 Å². The number of rotatable bonds is 2. The number of aromatic nitrogens is 2. The second-order valence-corrected chi connectivity index (χ2v) is 6.16. The van der Waals surface area contributed by atoms with Crippen LogP contribution in [0.4, 0.5) is 10.6 Å². The number of anilines is 1. The summed E-state index contributed by atoms with van der Waals surface area (Å²) in [7, 11) is 0. The number of benzene rings is 1. The minimum atomic E-state index is -0.292. The van der Waals surface area contributed by atoms with E-state index in [0.29, 0.717) is 18.2 Å². The Kier molecular flexibility index (Phi) is 3.53. The van der Waals surface area contributed by atoms with Crippen LogP contribution in [0.5, 0.6) is 0 Å². The quantitative estimate of drug-likeness (QED) is 0.917. The number of amides is 1. The van der Waals surface area contributed by atoms with Gasteiger partial charge >= 0.3 is 6.09 Å². The van der Waals surface area contributed by atoms with Gasteiger partial charge in [-0.25, -0.2) is 4.79 Å². The van der Waals surface area contributed by atoms with Gasteiger partial charge in [-0.3, -0.25) is 0 Å². The maximum atomic E-state index is 12.3. The molecule has 118 valence electrons. The molecule has 0 spiro atoms. The van der Waals surface area contributed by atoms with Crippen LogP contribution in [0.3, 0.4) is 0 Å². The number of hydrogen-bond donors (Lipinski definition) is 1. The Morgan fingerprint density at radius 2 is 2.13 bits per heavy atom. The van der Waals surface area contributed by atoms with Gasteiger partial charge in [0.1, 0.15) is 6.61 Å². The van der Waals surface area contributed by atoms with Crippen LogP contribution in [-0.4, -0.2) is 40.3 Å². The van der Waals surface area contributed by atoms with Gasteiger partial charge in [0.2, 0.25) is 0 Å². The average molecular weight is 331 g/mol. The van der Waals surface area contributed by atoms with Crippen molar-refractivity contribution in [1.29, 1.82) is 0 Å². The molecule has 1 fully saturated rings. The van der Waals surface area contributed by atoms with E-state index in [1.807, 2.05) is 36.4 Å². The highest BCUT2D eigenvalue weighted by molar-refractivity contribution is 6.29. The highest BCUT2D eigenvalue weighted by Gasteiger charge is 2.43. The molecule has 0 saturated carbocycles. The molecule has 1 amide bonds. The summed E-state index contributed by atoms with van der Waals surface area (Å²) in [5.74, 6) is 0.948. The van der Waals surface area contributed by atoms with Crippen molar-refractivity contribution in [3.8, 4) is 0 Å². The van der Waals surface area contributed by atoms with Gasteiger partial charge in [-0.1, -0.05) is 41.9 Å². The molecule has 0 unspecified atom stereocenters. The molecule has 1 aromatic heterocycles. The number of nitrogens with one attached hydrogen (secondary N) is 1. The van der Waals surface area contributed by atoms with Gasteiger partial charge in [0, 0.05) is 24.6 Å². The maximum absolute atomic E-state index is 12.3. The van der Waals surface area contributed by atoms with E-state index in [4.69, 9.17) is 16.3 Å². The van der Waals surface area contributed by atoms with Gasteiger partial charge in [0.25, 0.3) is 0 Å². The van der Waals surface area contributed by atoms with Crippen LogP contribution < -0.4 is 5.32 Å². The van der Waals surface area contributed by atoms with E-state index >= 15 is 0 Å². The molecule has 2 aliphatic heterocycles. The first-order valence-electron chi connectivity index (χ1n) is 7.46. The summed E-state index contributed by atoms with van der Waals surface area (Å²) in [4.78, 5) is 14.0. The lowest BCUT2D eigenvalue weighted by Gasteiger charge is -2.17.